The van der Waals surface area contributed by atoms with Gasteiger partial charge >= 0.3 is 6.01 Å². The second-order valence-corrected chi connectivity index (χ2v) is 5.91. The van der Waals surface area contributed by atoms with Crippen molar-refractivity contribution in [3.05, 3.63) is 35.7 Å². The number of rotatable bonds is 5. The van der Waals surface area contributed by atoms with Crippen molar-refractivity contribution in [1.29, 1.82) is 0 Å². The van der Waals surface area contributed by atoms with E-state index in [4.69, 9.17) is 4.42 Å². The molecule has 1 atom stereocenters. The lowest BCUT2D eigenvalue weighted by Gasteiger charge is -2.10. The fourth-order valence-electron chi connectivity index (χ4n) is 1.64. The van der Waals surface area contributed by atoms with Gasteiger partial charge in [-0.15, -0.1) is 5.10 Å². The molecule has 1 unspecified atom stereocenters. The van der Waals surface area contributed by atoms with Crippen LogP contribution < -0.4 is 4.72 Å². The Labute approximate surface area is 116 Å². The molecule has 0 aliphatic carbocycles. The number of benzene rings is 1. The van der Waals surface area contributed by atoms with Crippen LogP contribution in [0, 0.1) is 6.92 Å². The molecule has 108 valence electrons. The number of aliphatic hydroxyl groups excluding tert-OH is 1. The number of aliphatic hydroxyl groups is 1. The van der Waals surface area contributed by atoms with Crippen LogP contribution in [0.5, 0.6) is 0 Å². The number of sulfonamides is 1. The second-order valence-electron chi connectivity index (χ2n) is 4.23. The number of nitrogens with one attached hydrogen (secondary N) is 1. The van der Waals surface area contributed by atoms with E-state index in [-0.39, 0.29) is 16.8 Å². The molecule has 0 aliphatic rings. The first-order valence-corrected chi connectivity index (χ1v) is 7.51. The number of hydrogen-bond donors (Lipinski definition) is 2. The number of aromatic nitrogens is 2. The summed E-state index contributed by atoms with van der Waals surface area (Å²) in [7, 11) is -3.82. The van der Waals surface area contributed by atoms with Crippen molar-refractivity contribution in [2.75, 3.05) is 4.72 Å². The third-order valence-corrected chi connectivity index (χ3v) is 4.01. The summed E-state index contributed by atoms with van der Waals surface area (Å²) in [6, 6.07) is 5.90. The Morgan fingerprint density at radius 3 is 2.75 bits per heavy atom. The second kappa shape index (κ2) is 5.59. The third-order valence-electron chi connectivity index (χ3n) is 2.69. The van der Waals surface area contributed by atoms with Crippen LogP contribution >= 0.6 is 0 Å². The maximum Gasteiger partial charge on any atom is 0.329 e. The molecule has 0 spiro atoms. The highest BCUT2D eigenvalue weighted by molar-refractivity contribution is 7.92. The zero-order chi connectivity index (χ0) is 14.8. The Kier molecular flexibility index (Phi) is 4.05. The van der Waals surface area contributed by atoms with Gasteiger partial charge in [0.1, 0.15) is 0 Å². The molecule has 0 saturated heterocycles. The molecule has 0 saturated carbocycles. The molecule has 8 heteroatoms. The van der Waals surface area contributed by atoms with E-state index in [1.165, 1.54) is 12.1 Å². The van der Waals surface area contributed by atoms with Crippen molar-refractivity contribution in [3.8, 4) is 0 Å². The molecule has 20 heavy (non-hydrogen) atoms. The van der Waals surface area contributed by atoms with Crippen LogP contribution in [0.25, 0.3) is 0 Å². The fourth-order valence-corrected chi connectivity index (χ4v) is 2.62. The molecule has 7 nitrogen and oxygen atoms in total. The average molecular weight is 297 g/mol. The average Bonchev–Trinajstić information content (AvgIpc) is 2.82. The highest BCUT2D eigenvalue weighted by Crippen LogP contribution is 2.21. The summed E-state index contributed by atoms with van der Waals surface area (Å²) >= 11 is 0. The lowest BCUT2D eigenvalue weighted by Crippen LogP contribution is -2.13. The van der Waals surface area contributed by atoms with Crippen molar-refractivity contribution in [1.82, 2.24) is 10.2 Å². The van der Waals surface area contributed by atoms with Gasteiger partial charge in [-0.25, -0.2) is 13.1 Å². The summed E-state index contributed by atoms with van der Waals surface area (Å²) in [5, 5.41) is 16.9. The lowest BCUT2D eigenvalue weighted by atomic mass is 10.1. The maximum absolute atomic E-state index is 12.2. The summed E-state index contributed by atoms with van der Waals surface area (Å²) in [5.74, 6) is 0.262. The third kappa shape index (κ3) is 3.14. The quantitative estimate of drug-likeness (QED) is 0.868. The minimum absolute atomic E-state index is 0.0263. The molecule has 2 rings (SSSR count). The molecule has 0 bridgehead atoms. The fraction of sp³-hybridized carbons (Fsp3) is 0.333. The summed E-state index contributed by atoms with van der Waals surface area (Å²) in [6.45, 7) is 3.37. The Bertz CT molecular complexity index is 696. The maximum atomic E-state index is 12.2. The number of hydrogen-bond acceptors (Lipinski definition) is 6. The van der Waals surface area contributed by atoms with E-state index in [1.807, 2.05) is 6.92 Å². The zero-order valence-corrected chi connectivity index (χ0v) is 11.9. The molecule has 1 aromatic carbocycles. The Morgan fingerprint density at radius 1 is 1.40 bits per heavy atom. The molecule has 1 aromatic heterocycles. The van der Waals surface area contributed by atoms with Crippen LogP contribution in [0.2, 0.25) is 0 Å². The Hall–Kier alpha value is -1.93. The molecule has 2 N–H and O–H groups in total. The topological polar surface area (TPSA) is 105 Å². The van der Waals surface area contributed by atoms with Crippen LogP contribution in [0.15, 0.2) is 33.6 Å². The normalized spacial score (nSPS) is 13.2. The van der Waals surface area contributed by atoms with Gasteiger partial charge in [-0.2, -0.15) is 0 Å². The summed E-state index contributed by atoms with van der Waals surface area (Å²) in [4.78, 5) is 0.0263. The van der Waals surface area contributed by atoms with Crippen LogP contribution in [0.4, 0.5) is 6.01 Å². The van der Waals surface area contributed by atoms with Gasteiger partial charge in [-0.1, -0.05) is 24.2 Å². The van der Waals surface area contributed by atoms with Gasteiger partial charge in [0.2, 0.25) is 5.89 Å². The van der Waals surface area contributed by atoms with Gasteiger partial charge in [0.25, 0.3) is 10.0 Å². The van der Waals surface area contributed by atoms with Crippen molar-refractivity contribution in [2.45, 2.75) is 31.3 Å². The molecular weight excluding hydrogens is 282 g/mol. The highest BCUT2D eigenvalue weighted by Gasteiger charge is 2.18. The minimum Gasteiger partial charge on any atom is -0.408 e. The zero-order valence-electron chi connectivity index (χ0n) is 11.1. The first kappa shape index (κ1) is 14.5. The van der Waals surface area contributed by atoms with E-state index in [0.717, 1.165) is 0 Å². The van der Waals surface area contributed by atoms with Gasteiger partial charge in [-0.3, -0.25) is 0 Å². The van der Waals surface area contributed by atoms with Gasteiger partial charge in [0.15, 0.2) is 0 Å². The van der Waals surface area contributed by atoms with Gasteiger partial charge in [0.05, 0.1) is 11.0 Å². The van der Waals surface area contributed by atoms with E-state index >= 15 is 0 Å². The van der Waals surface area contributed by atoms with Crippen LogP contribution in [0.1, 0.15) is 30.9 Å². The number of anilines is 1. The summed E-state index contributed by atoms with van der Waals surface area (Å²) < 4.78 is 31.5. The molecule has 1 heterocycles. The van der Waals surface area contributed by atoms with Crippen LogP contribution in [-0.2, 0) is 10.0 Å². The minimum atomic E-state index is -3.82. The molecule has 0 radical (unpaired) electrons. The van der Waals surface area contributed by atoms with Crippen molar-refractivity contribution < 1.29 is 17.9 Å². The molecular formula is C12H15N3O4S. The molecule has 0 aliphatic heterocycles. The van der Waals surface area contributed by atoms with Gasteiger partial charge < -0.3 is 9.52 Å². The van der Waals surface area contributed by atoms with Crippen molar-refractivity contribution in [3.63, 3.8) is 0 Å². The predicted molar refractivity (Wildman–Crippen MR) is 71.5 cm³/mol. The van der Waals surface area contributed by atoms with E-state index in [2.05, 4.69) is 14.9 Å². The Morgan fingerprint density at radius 2 is 2.15 bits per heavy atom. The smallest absolute Gasteiger partial charge is 0.329 e. The lowest BCUT2D eigenvalue weighted by molar-refractivity contribution is 0.173. The summed E-state index contributed by atoms with van der Waals surface area (Å²) in [6.07, 6.45) is -0.199. The highest BCUT2D eigenvalue weighted by atomic mass is 32.2. The van der Waals surface area contributed by atoms with E-state index in [1.54, 1.807) is 19.1 Å². The predicted octanol–water partition coefficient (Wildman–Crippen LogP) is 1.62. The van der Waals surface area contributed by atoms with Crippen molar-refractivity contribution >= 4 is 16.0 Å². The SMILES string of the molecule is CCC(O)c1cccc(S(=O)(=O)Nc2nnc(C)o2)c1. The van der Waals surface area contributed by atoms with E-state index in [0.29, 0.717) is 12.0 Å². The number of nitrogens with zero attached hydrogens (tertiary/aromatic N) is 2. The monoisotopic (exact) mass is 297 g/mol. The summed E-state index contributed by atoms with van der Waals surface area (Å²) in [5.41, 5.74) is 0.539. The Balaban J connectivity index is 2.29. The van der Waals surface area contributed by atoms with Gasteiger partial charge in [-0.05, 0) is 24.1 Å². The first-order chi connectivity index (χ1) is 9.42. The van der Waals surface area contributed by atoms with Crippen LogP contribution in [-0.4, -0.2) is 23.7 Å². The van der Waals surface area contributed by atoms with E-state index < -0.39 is 16.1 Å². The van der Waals surface area contributed by atoms with Crippen LogP contribution in [0.3, 0.4) is 0 Å². The van der Waals surface area contributed by atoms with E-state index in [9.17, 15) is 13.5 Å². The number of aryl methyl sites for hydroxylation is 1. The van der Waals surface area contributed by atoms with Crippen molar-refractivity contribution in [2.24, 2.45) is 0 Å². The standard InChI is InChI=1S/C12H15N3O4S/c1-3-11(16)9-5-4-6-10(7-9)20(17,18)15-12-14-13-8(2)19-12/h4-7,11,16H,3H2,1-2H3,(H,14,15). The van der Waals surface area contributed by atoms with Gasteiger partial charge in [0, 0.05) is 6.92 Å². The molecule has 2 aromatic rings. The first-order valence-electron chi connectivity index (χ1n) is 6.03. The largest absolute Gasteiger partial charge is 0.408 e. The molecule has 0 fully saturated rings. The molecule has 0 amide bonds.